The van der Waals surface area contributed by atoms with E-state index in [0.717, 1.165) is 27.8 Å². The van der Waals surface area contributed by atoms with E-state index in [2.05, 4.69) is 34.2 Å². The summed E-state index contributed by atoms with van der Waals surface area (Å²) >= 11 is 1.34. The summed E-state index contributed by atoms with van der Waals surface area (Å²) in [4.78, 5) is 12.4. The monoisotopic (exact) mass is 444 g/mol. The molecule has 0 radical (unpaired) electrons. The minimum absolute atomic E-state index is 0.0951. The molecule has 1 aromatic heterocycles. The Morgan fingerprint density at radius 3 is 2.78 bits per heavy atom. The molecule has 0 fully saturated rings. The van der Waals surface area contributed by atoms with Gasteiger partial charge in [0, 0.05) is 17.6 Å². The van der Waals surface area contributed by atoms with Crippen molar-refractivity contribution in [3.63, 3.8) is 0 Å². The Kier molecular flexibility index (Phi) is 6.87. The number of anilines is 1. The molecular formula is C25H24N4O2S. The third-order valence-electron chi connectivity index (χ3n) is 4.85. The van der Waals surface area contributed by atoms with Crippen LogP contribution in [0.2, 0.25) is 0 Å². The zero-order valence-electron chi connectivity index (χ0n) is 17.8. The van der Waals surface area contributed by atoms with E-state index in [1.54, 1.807) is 6.08 Å². The van der Waals surface area contributed by atoms with Crippen molar-refractivity contribution in [3.05, 3.63) is 90.8 Å². The minimum atomic E-state index is -0.0951. The average Bonchev–Trinajstić information content (AvgIpc) is 3.18. The number of carbonyl (C=O) groups is 1. The standard InChI is InChI=1S/C25H24N4O2S/c1-3-14-29-23(16-31-22-13-7-10-19-9-4-5-12-21(19)22)27-28-25(29)32-17-24(30)26-20-11-6-8-18(2)15-20/h3-13,15H,1,14,16-17H2,2H3,(H,26,30). The fourth-order valence-electron chi connectivity index (χ4n) is 3.36. The van der Waals surface area contributed by atoms with Crippen LogP contribution in [0.1, 0.15) is 11.4 Å². The number of aromatic nitrogens is 3. The number of hydrogen-bond donors (Lipinski definition) is 1. The van der Waals surface area contributed by atoms with Crippen molar-refractivity contribution >= 4 is 34.1 Å². The summed E-state index contributed by atoms with van der Waals surface area (Å²) < 4.78 is 7.99. The molecule has 3 aromatic carbocycles. The van der Waals surface area contributed by atoms with Gasteiger partial charge in [0.05, 0.1) is 5.75 Å². The van der Waals surface area contributed by atoms with E-state index in [1.165, 1.54) is 11.8 Å². The van der Waals surface area contributed by atoms with E-state index in [1.807, 2.05) is 66.1 Å². The topological polar surface area (TPSA) is 69.0 Å². The van der Waals surface area contributed by atoms with E-state index in [0.29, 0.717) is 17.5 Å². The van der Waals surface area contributed by atoms with Gasteiger partial charge in [-0.3, -0.25) is 9.36 Å². The number of aryl methyl sites for hydroxylation is 1. The first-order valence-electron chi connectivity index (χ1n) is 10.3. The second-order valence-electron chi connectivity index (χ2n) is 7.27. The number of fused-ring (bicyclic) bond motifs is 1. The van der Waals surface area contributed by atoms with Crippen LogP contribution in [0.4, 0.5) is 5.69 Å². The van der Waals surface area contributed by atoms with Gasteiger partial charge in [-0.15, -0.1) is 16.8 Å². The zero-order valence-corrected chi connectivity index (χ0v) is 18.6. The summed E-state index contributed by atoms with van der Waals surface area (Å²) in [5, 5.41) is 14.3. The molecule has 0 saturated carbocycles. The Labute approximate surface area is 191 Å². The molecule has 0 spiro atoms. The van der Waals surface area contributed by atoms with Gasteiger partial charge in [-0.2, -0.15) is 0 Å². The molecule has 162 valence electrons. The molecule has 32 heavy (non-hydrogen) atoms. The number of amides is 1. The highest BCUT2D eigenvalue weighted by Crippen LogP contribution is 2.26. The second kappa shape index (κ2) is 10.2. The fraction of sp³-hybridized carbons (Fsp3) is 0.160. The first-order valence-corrected chi connectivity index (χ1v) is 11.3. The number of allylic oxidation sites excluding steroid dienone is 1. The number of nitrogens with zero attached hydrogens (tertiary/aromatic N) is 3. The number of carbonyl (C=O) groups excluding carboxylic acids is 1. The molecule has 0 atom stereocenters. The quantitative estimate of drug-likeness (QED) is 0.283. The van der Waals surface area contributed by atoms with Crippen molar-refractivity contribution in [2.75, 3.05) is 11.1 Å². The van der Waals surface area contributed by atoms with Gasteiger partial charge < -0.3 is 10.1 Å². The average molecular weight is 445 g/mol. The Morgan fingerprint density at radius 2 is 1.94 bits per heavy atom. The van der Waals surface area contributed by atoms with Crippen LogP contribution in [0.15, 0.2) is 84.5 Å². The van der Waals surface area contributed by atoms with Gasteiger partial charge in [0.1, 0.15) is 12.4 Å². The lowest BCUT2D eigenvalue weighted by Crippen LogP contribution is -2.15. The van der Waals surface area contributed by atoms with Crippen molar-refractivity contribution < 1.29 is 9.53 Å². The molecule has 0 bridgehead atoms. The maximum atomic E-state index is 12.4. The van der Waals surface area contributed by atoms with Crippen LogP contribution in [-0.4, -0.2) is 26.4 Å². The summed E-state index contributed by atoms with van der Waals surface area (Å²) in [7, 11) is 0. The molecule has 6 nitrogen and oxygen atoms in total. The van der Waals surface area contributed by atoms with E-state index in [9.17, 15) is 4.79 Å². The van der Waals surface area contributed by atoms with Gasteiger partial charge >= 0.3 is 0 Å². The summed E-state index contributed by atoms with van der Waals surface area (Å²) in [5.74, 6) is 1.61. The first-order chi connectivity index (χ1) is 15.6. The number of nitrogens with one attached hydrogen (secondary N) is 1. The SMILES string of the molecule is C=CCn1c(COc2cccc3ccccc23)nnc1SCC(=O)Nc1cccc(C)c1. The highest BCUT2D eigenvalue weighted by Gasteiger charge is 2.15. The molecular weight excluding hydrogens is 420 g/mol. The van der Waals surface area contributed by atoms with Crippen LogP contribution in [0, 0.1) is 6.92 Å². The maximum Gasteiger partial charge on any atom is 0.234 e. The molecule has 0 aliphatic rings. The van der Waals surface area contributed by atoms with Crippen molar-refractivity contribution in [1.29, 1.82) is 0 Å². The van der Waals surface area contributed by atoms with E-state index in [4.69, 9.17) is 4.74 Å². The summed E-state index contributed by atoms with van der Waals surface area (Å²) in [6, 6.07) is 21.8. The normalized spacial score (nSPS) is 10.8. The van der Waals surface area contributed by atoms with Crippen molar-refractivity contribution in [2.45, 2.75) is 25.2 Å². The number of rotatable bonds is 9. The second-order valence-corrected chi connectivity index (χ2v) is 8.21. The Hall–Kier alpha value is -3.58. The summed E-state index contributed by atoms with van der Waals surface area (Å²) in [5.41, 5.74) is 1.88. The summed E-state index contributed by atoms with van der Waals surface area (Å²) in [6.45, 7) is 6.62. The minimum Gasteiger partial charge on any atom is -0.485 e. The number of thioether (sulfide) groups is 1. The highest BCUT2D eigenvalue weighted by molar-refractivity contribution is 7.99. The predicted octanol–water partition coefficient (Wildman–Crippen LogP) is 5.24. The smallest absolute Gasteiger partial charge is 0.234 e. The predicted molar refractivity (Wildman–Crippen MR) is 129 cm³/mol. The summed E-state index contributed by atoms with van der Waals surface area (Å²) in [6.07, 6.45) is 1.78. The van der Waals surface area contributed by atoms with Gasteiger partial charge in [0.2, 0.25) is 5.91 Å². The molecule has 1 heterocycles. The largest absolute Gasteiger partial charge is 0.485 e. The number of benzene rings is 3. The van der Waals surface area contributed by atoms with Crippen LogP contribution in [0.25, 0.3) is 10.8 Å². The van der Waals surface area contributed by atoms with Crippen LogP contribution in [0.3, 0.4) is 0 Å². The molecule has 4 aromatic rings. The van der Waals surface area contributed by atoms with E-state index in [-0.39, 0.29) is 18.3 Å². The van der Waals surface area contributed by atoms with E-state index >= 15 is 0 Å². The molecule has 4 rings (SSSR count). The molecule has 0 aliphatic carbocycles. The third-order valence-corrected chi connectivity index (χ3v) is 5.81. The van der Waals surface area contributed by atoms with Crippen LogP contribution >= 0.6 is 11.8 Å². The van der Waals surface area contributed by atoms with E-state index < -0.39 is 0 Å². The first kappa shape index (κ1) is 21.6. The Morgan fingerprint density at radius 1 is 1.12 bits per heavy atom. The van der Waals surface area contributed by atoms with Crippen LogP contribution in [0.5, 0.6) is 5.75 Å². The Bertz CT molecular complexity index is 1250. The molecule has 0 unspecified atom stereocenters. The third kappa shape index (κ3) is 5.18. The molecule has 1 N–H and O–H groups in total. The van der Waals surface area contributed by atoms with Crippen molar-refractivity contribution in [2.24, 2.45) is 0 Å². The lowest BCUT2D eigenvalue weighted by molar-refractivity contribution is -0.113. The zero-order chi connectivity index (χ0) is 22.3. The molecule has 0 saturated heterocycles. The van der Waals surface area contributed by atoms with Crippen molar-refractivity contribution in [3.8, 4) is 5.75 Å². The van der Waals surface area contributed by atoms with Gasteiger partial charge in [-0.1, -0.05) is 66.4 Å². The van der Waals surface area contributed by atoms with Crippen LogP contribution < -0.4 is 10.1 Å². The molecule has 7 heteroatoms. The van der Waals surface area contributed by atoms with Gasteiger partial charge in [0.25, 0.3) is 0 Å². The lowest BCUT2D eigenvalue weighted by Gasteiger charge is -2.11. The van der Waals surface area contributed by atoms with Gasteiger partial charge in [0.15, 0.2) is 11.0 Å². The number of ether oxygens (including phenoxy) is 1. The van der Waals surface area contributed by atoms with Gasteiger partial charge in [-0.05, 0) is 36.1 Å². The molecule has 1 amide bonds. The molecule has 0 aliphatic heterocycles. The maximum absolute atomic E-state index is 12.4. The fourth-order valence-corrected chi connectivity index (χ4v) is 4.13. The van der Waals surface area contributed by atoms with Gasteiger partial charge in [-0.25, -0.2) is 0 Å². The van der Waals surface area contributed by atoms with Crippen LogP contribution in [-0.2, 0) is 17.9 Å². The number of hydrogen-bond acceptors (Lipinski definition) is 5. The van der Waals surface area contributed by atoms with Crippen molar-refractivity contribution in [1.82, 2.24) is 14.8 Å². The highest BCUT2D eigenvalue weighted by atomic mass is 32.2. The lowest BCUT2D eigenvalue weighted by atomic mass is 10.1. The Balaban J connectivity index is 1.42.